The molecule has 0 saturated carbocycles. The van der Waals surface area contributed by atoms with Crippen molar-refractivity contribution in [3.8, 4) is 0 Å². The lowest BCUT2D eigenvalue weighted by Gasteiger charge is -2.44. The van der Waals surface area contributed by atoms with Crippen molar-refractivity contribution in [1.29, 1.82) is 0 Å². The fourth-order valence-electron chi connectivity index (χ4n) is 7.31. The minimum absolute atomic E-state index is 0.555. The Labute approximate surface area is 270 Å². The Morgan fingerprint density at radius 3 is 1.27 bits per heavy atom. The van der Waals surface area contributed by atoms with Crippen LogP contribution in [-0.2, 0) is 29.5 Å². The third-order valence-corrected chi connectivity index (χ3v) is 12.2. The molecular weight excluding hydrogens is 573 g/mol. The summed E-state index contributed by atoms with van der Waals surface area (Å²) in [5.41, 5.74) is 2.06. The first-order chi connectivity index (χ1) is 21.8. The first kappa shape index (κ1) is 31.7. The van der Waals surface area contributed by atoms with Crippen molar-refractivity contribution in [2.24, 2.45) is 0 Å². The lowest BCUT2D eigenvalue weighted by Crippen LogP contribution is -2.53. The highest BCUT2D eigenvalue weighted by molar-refractivity contribution is 6.74. The molecule has 2 aliphatic rings. The van der Waals surface area contributed by atoms with Crippen LogP contribution >= 0.6 is 0 Å². The molecular formula is C40H46O4Si. The van der Waals surface area contributed by atoms with Crippen molar-refractivity contribution in [2.75, 3.05) is 0 Å². The van der Waals surface area contributed by atoms with Gasteiger partial charge in [-0.05, 0) is 60.7 Å². The van der Waals surface area contributed by atoms with Crippen LogP contribution in [0.3, 0.4) is 0 Å². The standard InChI is InChI=1S/C40H46O4Si/c1-6-8-30-35(21-7-2)45(5)43-39(31-22-13-9-14-23-31,32-24-15-10-16-25-32)36-37(42-38(3,4)41-36)40(44-45,33-26-17-11-18-27-33)34-28-19-12-20-29-34/h9-20,22-30,36-37H,6-8,21H2,1-5H3/b35-30+/t36-,37-/m1/s1. The van der Waals surface area contributed by atoms with E-state index in [1.165, 1.54) is 5.20 Å². The Kier molecular flexibility index (Phi) is 9.02. The van der Waals surface area contributed by atoms with Crippen LogP contribution < -0.4 is 0 Å². The highest BCUT2D eigenvalue weighted by atomic mass is 28.4. The first-order valence-electron chi connectivity index (χ1n) is 16.5. The molecule has 0 aliphatic carbocycles. The molecule has 2 aliphatic heterocycles. The van der Waals surface area contributed by atoms with E-state index < -0.39 is 37.8 Å². The largest absolute Gasteiger partial charge is 0.374 e. The summed E-state index contributed by atoms with van der Waals surface area (Å²) in [7, 11) is -3.29. The van der Waals surface area contributed by atoms with E-state index in [2.05, 4.69) is 148 Å². The van der Waals surface area contributed by atoms with Gasteiger partial charge in [0.05, 0.1) is 0 Å². The zero-order chi connectivity index (χ0) is 31.5. The van der Waals surface area contributed by atoms with Gasteiger partial charge in [0.2, 0.25) is 0 Å². The van der Waals surface area contributed by atoms with E-state index in [4.69, 9.17) is 18.3 Å². The van der Waals surface area contributed by atoms with Crippen LogP contribution in [0.1, 0.15) is 75.6 Å². The van der Waals surface area contributed by atoms with Crippen LogP contribution in [-0.4, -0.2) is 26.6 Å². The van der Waals surface area contributed by atoms with Crippen LogP contribution in [0.2, 0.25) is 6.55 Å². The second kappa shape index (κ2) is 12.8. The molecule has 0 N–H and O–H groups in total. The van der Waals surface area contributed by atoms with E-state index >= 15 is 0 Å². The average Bonchev–Trinajstić information content (AvgIpc) is 3.37. The zero-order valence-electron chi connectivity index (χ0n) is 27.2. The summed E-state index contributed by atoms with van der Waals surface area (Å²) in [4.78, 5) is 0. The molecule has 45 heavy (non-hydrogen) atoms. The highest BCUT2D eigenvalue weighted by Gasteiger charge is 2.69. The summed E-state index contributed by atoms with van der Waals surface area (Å²) < 4.78 is 30.1. The first-order valence-corrected chi connectivity index (χ1v) is 18.8. The Hall–Kier alpha value is -3.32. The van der Waals surface area contributed by atoms with Gasteiger partial charge >= 0.3 is 8.56 Å². The molecule has 0 amide bonds. The van der Waals surface area contributed by atoms with Crippen LogP contribution in [0, 0.1) is 0 Å². The van der Waals surface area contributed by atoms with Crippen molar-refractivity contribution in [3.63, 3.8) is 0 Å². The molecule has 2 atom stereocenters. The monoisotopic (exact) mass is 618 g/mol. The van der Waals surface area contributed by atoms with Crippen LogP contribution in [0.4, 0.5) is 0 Å². The van der Waals surface area contributed by atoms with Gasteiger partial charge in [0.25, 0.3) is 0 Å². The summed E-state index contributed by atoms with van der Waals surface area (Å²) in [6.45, 7) is 10.7. The van der Waals surface area contributed by atoms with Crippen molar-refractivity contribution < 1.29 is 18.3 Å². The fraction of sp³-hybridized carbons (Fsp3) is 0.350. The molecule has 6 rings (SSSR count). The molecule has 2 saturated heterocycles. The number of rotatable bonds is 9. The molecule has 4 aromatic rings. The minimum atomic E-state index is -3.29. The molecule has 0 radical (unpaired) electrons. The van der Waals surface area contributed by atoms with Gasteiger partial charge in [0.1, 0.15) is 23.4 Å². The molecule has 0 unspecified atom stereocenters. The van der Waals surface area contributed by atoms with Crippen molar-refractivity contribution >= 4 is 8.56 Å². The molecule has 0 aromatic heterocycles. The van der Waals surface area contributed by atoms with Gasteiger partial charge in [-0.3, -0.25) is 0 Å². The fourth-order valence-corrected chi connectivity index (χ4v) is 10.8. The van der Waals surface area contributed by atoms with E-state index in [1.807, 2.05) is 13.8 Å². The second-order valence-corrected chi connectivity index (χ2v) is 15.8. The van der Waals surface area contributed by atoms with Crippen molar-refractivity contribution in [1.82, 2.24) is 0 Å². The Bertz CT molecular complexity index is 1390. The molecule has 0 spiro atoms. The number of fused-ring (bicyclic) bond motifs is 1. The van der Waals surface area contributed by atoms with E-state index in [1.54, 1.807) is 0 Å². The second-order valence-electron chi connectivity index (χ2n) is 12.8. The SMILES string of the molecule is CCC/C=C(\CCC)[Si]1(C)OC(c2ccccc2)(c2ccccc2)[C@@H]2OC(C)(C)O[C@H]2C(c2ccccc2)(c2ccccc2)O1. The van der Waals surface area contributed by atoms with Gasteiger partial charge in [-0.25, -0.2) is 0 Å². The summed E-state index contributed by atoms with van der Waals surface area (Å²) in [5, 5.41) is 1.26. The zero-order valence-corrected chi connectivity index (χ0v) is 28.2. The molecule has 2 heterocycles. The van der Waals surface area contributed by atoms with Crippen LogP contribution in [0.25, 0.3) is 0 Å². The number of unbranched alkanes of at least 4 members (excludes halogenated alkanes) is 1. The third kappa shape index (κ3) is 5.66. The maximum absolute atomic E-state index is 7.92. The lowest BCUT2D eigenvalue weighted by molar-refractivity contribution is -0.179. The molecule has 234 valence electrons. The van der Waals surface area contributed by atoms with E-state index in [0.717, 1.165) is 47.9 Å². The third-order valence-electron chi connectivity index (χ3n) is 9.20. The van der Waals surface area contributed by atoms with Gasteiger partial charge < -0.3 is 18.3 Å². The lowest BCUT2D eigenvalue weighted by atomic mass is 9.72. The minimum Gasteiger partial charge on any atom is -0.374 e. The summed E-state index contributed by atoms with van der Waals surface area (Å²) in [5.74, 6) is -0.898. The highest BCUT2D eigenvalue weighted by Crippen LogP contribution is 2.58. The number of allylic oxidation sites excluding steroid dienone is 2. The van der Waals surface area contributed by atoms with Gasteiger partial charge in [-0.1, -0.05) is 154 Å². The summed E-state index contributed by atoms with van der Waals surface area (Å²) >= 11 is 0. The summed E-state index contributed by atoms with van der Waals surface area (Å²) in [6, 6.07) is 42.3. The Morgan fingerprint density at radius 1 is 0.600 bits per heavy atom. The molecule has 5 heteroatoms. The number of hydrogen-bond donors (Lipinski definition) is 0. The predicted molar refractivity (Wildman–Crippen MR) is 183 cm³/mol. The maximum Gasteiger partial charge on any atom is 0.366 e. The van der Waals surface area contributed by atoms with Gasteiger partial charge in [-0.15, -0.1) is 0 Å². The predicted octanol–water partition coefficient (Wildman–Crippen LogP) is 9.58. The topological polar surface area (TPSA) is 36.9 Å². The molecule has 4 nitrogen and oxygen atoms in total. The number of hydrogen-bond acceptors (Lipinski definition) is 4. The van der Waals surface area contributed by atoms with E-state index in [0.29, 0.717) is 0 Å². The molecule has 0 bridgehead atoms. The van der Waals surface area contributed by atoms with Crippen molar-refractivity contribution in [2.45, 2.75) is 89.1 Å². The van der Waals surface area contributed by atoms with Crippen LogP contribution in [0.15, 0.2) is 133 Å². The molecule has 2 fully saturated rings. The van der Waals surface area contributed by atoms with Gasteiger partial charge in [0, 0.05) is 0 Å². The Morgan fingerprint density at radius 2 is 0.956 bits per heavy atom. The maximum atomic E-state index is 7.92. The van der Waals surface area contributed by atoms with Gasteiger partial charge in [0.15, 0.2) is 5.79 Å². The smallest absolute Gasteiger partial charge is 0.366 e. The number of ether oxygens (including phenoxy) is 2. The Balaban J connectivity index is 1.76. The van der Waals surface area contributed by atoms with E-state index in [9.17, 15) is 0 Å². The van der Waals surface area contributed by atoms with E-state index in [-0.39, 0.29) is 0 Å². The molecule has 4 aromatic carbocycles. The number of benzene rings is 4. The normalized spacial score (nSPS) is 23.2. The van der Waals surface area contributed by atoms with Crippen molar-refractivity contribution in [3.05, 3.63) is 155 Å². The quantitative estimate of drug-likeness (QED) is 0.175. The van der Waals surface area contributed by atoms with Crippen LogP contribution in [0.5, 0.6) is 0 Å². The average molecular weight is 619 g/mol. The summed E-state index contributed by atoms with van der Waals surface area (Å²) in [6.07, 6.45) is 5.18. The van der Waals surface area contributed by atoms with Gasteiger partial charge in [-0.2, -0.15) is 0 Å².